The number of amides is 1. The molecule has 0 saturated heterocycles. The molecule has 0 aliphatic rings. The van der Waals surface area contributed by atoms with Gasteiger partial charge >= 0.3 is 11.9 Å². The summed E-state index contributed by atoms with van der Waals surface area (Å²) in [4.78, 5) is 29.5. The lowest BCUT2D eigenvalue weighted by molar-refractivity contribution is -0.134. The highest BCUT2D eigenvalue weighted by atomic mass is 16.4. The van der Waals surface area contributed by atoms with Crippen molar-refractivity contribution >= 4 is 17.8 Å². The molecule has 0 aliphatic heterocycles. The highest BCUT2D eigenvalue weighted by Crippen LogP contribution is 1.94. The van der Waals surface area contributed by atoms with Crippen molar-refractivity contribution < 1.29 is 24.6 Å². The molecule has 1 aromatic carbocycles. The van der Waals surface area contributed by atoms with Crippen molar-refractivity contribution in [3.63, 3.8) is 0 Å². The number of carboxylic acid groups (broad SMARTS) is 2. The average molecular weight is 237 g/mol. The Hall–Kier alpha value is -2.63. The summed E-state index contributed by atoms with van der Waals surface area (Å²) in [6.07, 6.45) is 1.12. The molecule has 0 saturated carbocycles. The third-order valence-electron chi connectivity index (χ3n) is 1.43. The van der Waals surface area contributed by atoms with Crippen LogP contribution in [0.2, 0.25) is 0 Å². The van der Waals surface area contributed by atoms with Crippen molar-refractivity contribution in [1.29, 1.82) is 0 Å². The Morgan fingerprint density at radius 2 is 1.35 bits per heavy atom. The summed E-state index contributed by atoms with van der Waals surface area (Å²) >= 11 is 0. The van der Waals surface area contributed by atoms with E-state index in [-0.39, 0.29) is 5.91 Å². The SMILES string of the molecule is NC(=O)c1ccccc1.O=C(O)/C=C\C(=O)O. The van der Waals surface area contributed by atoms with Gasteiger partial charge in [-0.05, 0) is 12.1 Å². The maximum atomic E-state index is 10.4. The Balaban J connectivity index is 0.000000304. The van der Waals surface area contributed by atoms with Gasteiger partial charge in [0.15, 0.2) is 0 Å². The minimum atomic E-state index is -1.26. The van der Waals surface area contributed by atoms with E-state index in [0.717, 1.165) is 0 Å². The van der Waals surface area contributed by atoms with E-state index in [9.17, 15) is 14.4 Å². The number of rotatable bonds is 3. The van der Waals surface area contributed by atoms with Crippen LogP contribution in [0, 0.1) is 0 Å². The normalized spacial score (nSPS) is 9.18. The Morgan fingerprint density at radius 1 is 0.941 bits per heavy atom. The van der Waals surface area contributed by atoms with Crippen LogP contribution in [0.4, 0.5) is 0 Å². The highest BCUT2D eigenvalue weighted by Gasteiger charge is 1.93. The van der Waals surface area contributed by atoms with Crippen LogP contribution in [0.5, 0.6) is 0 Å². The van der Waals surface area contributed by atoms with E-state index in [4.69, 9.17) is 15.9 Å². The first-order chi connectivity index (χ1) is 7.93. The van der Waals surface area contributed by atoms with Gasteiger partial charge in [-0.2, -0.15) is 0 Å². The summed E-state index contributed by atoms with van der Waals surface area (Å²) in [7, 11) is 0. The minimum Gasteiger partial charge on any atom is -0.478 e. The summed E-state index contributed by atoms with van der Waals surface area (Å²) in [6.45, 7) is 0. The van der Waals surface area contributed by atoms with Gasteiger partial charge in [-0.1, -0.05) is 18.2 Å². The zero-order valence-electron chi connectivity index (χ0n) is 8.74. The standard InChI is InChI=1S/C7H7NO.C4H4O4/c8-7(9)6-4-2-1-3-5-6;5-3(6)1-2-4(7)8/h1-5H,(H2,8,9);1-2H,(H,5,6)(H,7,8)/b;2-1-. The highest BCUT2D eigenvalue weighted by molar-refractivity contribution is 5.92. The molecule has 0 atom stereocenters. The van der Waals surface area contributed by atoms with E-state index < -0.39 is 11.9 Å². The topological polar surface area (TPSA) is 118 Å². The Bertz CT molecular complexity index is 409. The third kappa shape index (κ3) is 8.37. The molecule has 0 aliphatic carbocycles. The van der Waals surface area contributed by atoms with Gasteiger partial charge in [-0.25, -0.2) is 9.59 Å². The fourth-order valence-corrected chi connectivity index (χ4v) is 0.745. The van der Waals surface area contributed by atoms with Crippen LogP contribution < -0.4 is 5.73 Å². The average Bonchev–Trinajstić information content (AvgIpc) is 2.28. The van der Waals surface area contributed by atoms with Gasteiger partial charge in [0.05, 0.1) is 0 Å². The number of primary amides is 1. The molecule has 4 N–H and O–H groups in total. The smallest absolute Gasteiger partial charge is 0.328 e. The van der Waals surface area contributed by atoms with E-state index in [1.807, 2.05) is 6.07 Å². The molecular formula is C11H11NO5. The number of hydrogen-bond donors (Lipinski definition) is 3. The number of nitrogens with two attached hydrogens (primary N) is 1. The molecule has 17 heavy (non-hydrogen) atoms. The molecule has 6 heteroatoms. The second-order valence-corrected chi connectivity index (χ2v) is 2.74. The monoisotopic (exact) mass is 237 g/mol. The van der Waals surface area contributed by atoms with Gasteiger partial charge in [0.25, 0.3) is 0 Å². The summed E-state index contributed by atoms with van der Waals surface area (Å²) < 4.78 is 0. The van der Waals surface area contributed by atoms with E-state index in [0.29, 0.717) is 17.7 Å². The first-order valence-electron chi connectivity index (χ1n) is 4.42. The van der Waals surface area contributed by atoms with E-state index in [2.05, 4.69) is 0 Å². The van der Waals surface area contributed by atoms with Crippen LogP contribution in [0.3, 0.4) is 0 Å². The molecule has 0 bridgehead atoms. The Morgan fingerprint density at radius 3 is 1.59 bits per heavy atom. The van der Waals surface area contributed by atoms with Crippen molar-refractivity contribution in [3.8, 4) is 0 Å². The molecule has 1 rings (SSSR count). The molecule has 0 aromatic heterocycles. The van der Waals surface area contributed by atoms with Gasteiger partial charge in [-0.3, -0.25) is 4.79 Å². The van der Waals surface area contributed by atoms with E-state index in [1.54, 1.807) is 24.3 Å². The fraction of sp³-hybridized carbons (Fsp3) is 0. The summed E-state index contributed by atoms with van der Waals surface area (Å²) in [5, 5.41) is 15.6. The maximum absolute atomic E-state index is 10.4. The largest absolute Gasteiger partial charge is 0.478 e. The Labute approximate surface area is 97.0 Å². The predicted octanol–water partition coefficient (Wildman–Crippen LogP) is 0.497. The van der Waals surface area contributed by atoms with Gasteiger partial charge in [0.2, 0.25) is 5.91 Å². The number of benzene rings is 1. The molecule has 0 radical (unpaired) electrons. The second-order valence-electron chi connectivity index (χ2n) is 2.74. The summed E-state index contributed by atoms with van der Waals surface area (Å²) in [5.74, 6) is -2.89. The number of carboxylic acids is 2. The molecule has 1 aromatic rings. The van der Waals surface area contributed by atoms with E-state index in [1.165, 1.54) is 0 Å². The number of aliphatic carboxylic acids is 2. The third-order valence-corrected chi connectivity index (χ3v) is 1.43. The van der Waals surface area contributed by atoms with E-state index >= 15 is 0 Å². The van der Waals surface area contributed by atoms with Crippen LogP contribution in [-0.2, 0) is 9.59 Å². The van der Waals surface area contributed by atoms with Crippen molar-refractivity contribution in [1.82, 2.24) is 0 Å². The first-order valence-corrected chi connectivity index (χ1v) is 4.42. The van der Waals surface area contributed by atoms with Crippen LogP contribution in [0.25, 0.3) is 0 Å². The van der Waals surface area contributed by atoms with Gasteiger partial charge in [-0.15, -0.1) is 0 Å². The van der Waals surface area contributed by atoms with Crippen molar-refractivity contribution in [2.24, 2.45) is 5.73 Å². The molecule has 0 spiro atoms. The summed E-state index contributed by atoms with van der Waals surface area (Å²) in [6, 6.07) is 8.76. The van der Waals surface area contributed by atoms with Gasteiger partial charge < -0.3 is 15.9 Å². The lowest BCUT2D eigenvalue weighted by atomic mass is 10.2. The molecule has 90 valence electrons. The van der Waals surface area contributed by atoms with Crippen molar-refractivity contribution in [2.75, 3.05) is 0 Å². The maximum Gasteiger partial charge on any atom is 0.328 e. The van der Waals surface area contributed by atoms with Crippen LogP contribution >= 0.6 is 0 Å². The summed E-state index contributed by atoms with van der Waals surface area (Å²) in [5.41, 5.74) is 5.53. The van der Waals surface area contributed by atoms with Crippen molar-refractivity contribution in [2.45, 2.75) is 0 Å². The number of carbonyl (C=O) groups excluding carboxylic acids is 1. The zero-order valence-corrected chi connectivity index (χ0v) is 8.74. The van der Waals surface area contributed by atoms with Crippen molar-refractivity contribution in [3.05, 3.63) is 48.0 Å². The molecule has 0 unspecified atom stereocenters. The van der Waals surface area contributed by atoms with Crippen LogP contribution in [0.1, 0.15) is 10.4 Å². The van der Waals surface area contributed by atoms with Crippen LogP contribution in [-0.4, -0.2) is 28.1 Å². The first kappa shape index (κ1) is 14.4. The van der Waals surface area contributed by atoms with Crippen LogP contribution in [0.15, 0.2) is 42.5 Å². The minimum absolute atomic E-state index is 0.379. The van der Waals surface area contributed by atoms with Gasteiger partial charge in [0, 0.05) is 17.7 Å². The lowest BCUT2D eigenvalue weighted by Gasteiger charge is -1.89. The molecule has 0 heterocycles. The Kier molecular flexibility index (Phi) is 6.45. The number of hydrogen-bond acceptors (Lipinski definition) is 3. The molecule has 1 amide bonds. The lowest BCUT2D eigenvalue weighted by Crippen LogP contribution is -2.09. The van der Waals surface area contributed by atoms with Gasteiger partial charge in [0.1, 0.15) is 0 Å². The molecule has 0 fully saturated rings. The fourth-order valence-electron chi connectivity index (χ4n) is 0.745. The molecule has 6 nitrogen and oxygen atoms in total. The zero-order chi connectivity index (χ0) is 13.3. The number of carbonyl (C=O) groups is 3. The second kappa shape index (κ2) is 7.63. The molecular weight excluding hydrogens is 226 g/mol. The predicted molar refractivity (Wildman–Crippen MR) is 59.4 cm³/mol. The quantitative estimate of drug-likeness (QED) is 0.661.